The van der Waals surface area contributed by atoms with Gasteiger partial charge in [0.15, 0.2) is 30.7 Å². The molecule has 0 aromatic rings. The van der Waals surface area contributed by atoms with Crippen molar-refractivity contribution in [2.75, 3.05) is 13.2 Å². The number of carbonyl (C=O) groups is 8. The quantitative estimate of drug-likeness (QED) is 0.123. The Morgan fingerprint density at radius 3 is 0.921 bits per heavy atom. The van der Waals surface area contributed by atoms with Crippen LogP contribution in [0, 0.1) is 47.3 Å². The van der Waals surface area contributed by atoms with Gasteiger partial charge >= 0.3 is 47.8 Å². The van der Waals surface area contributed by atoms with Crippen LogP contribution in [0.2, 0.25) is 0 Å². The fraction of sp³-hybridized carbons (Fsp3) is 0.818. The molecule has 2 aliphatic heterocycles. The van der Waals surface area contributed by atoms with Gasteiger partial charge in [-0.05, 0) is 0 Å². The summed E-state index contributed by atoms with van der Waals surface area (Å²) in [4.78, 5) is 106. The Bertz CT molecular complexity index is 1580. The number of ether oxygens (including phenoxy) is 11. The van der Waals surface area contributed by atoms with Crippen molar-refractivity contribution in [3.8, 4) is 0 Å². The van der Waals surface area contributed by atoms with Crippen LogP contribution in [0.15, 0.2) is 0 Å². The van der Waals surface area contributed by atoms with Gasteiger partial charge in [-0.3, -0.25) is 38.4 Å². The monoisotopic (exact) mass is 902 g/mol. The number of hydrogen-bond donors (Lipinski definition) is 0. The lowest BCUT2D eigenvalue weighted by Gasteiger charge is -2.49. The third-order valence-electron chi connectivity index (χ3n) is 9.52. The maximum atomic E-state index is 13.6. The molecule has 0 bridgehead atoms. The van der Waals surface area contributed by atoms with Crippen LogP contribution in [-0.2, 0) is 90.5 Å². The minimum absolute atomic E-state index is 0.599. The smallest absolute Gasteiger partial charge is 0.310 e. The van der Waals surface area contributed by atoms with Crippen LogP contribution in [0.5, 0.6) is 0 Å². The number of carbonyl (C=O) groups excluding carboxylic acids is 8. The van der Waals surface area contributed by atoms with Crippen LogP contribution in [-0.4, -0.2) is 122 Å². The van der Waals surface area contributed by atoms with Crippen LogP contribution >= 0.6 is 0 Å². The first kappa shape index (κ1) is 54.8. The minimum Gasteiger partial charge on any atom is -0.463 e. The number of rotatable bonds is 20. The maximum absolute atomic E-state index is 13.6. The van der Waals surface area contributed by atoms with Crippen LogP contribution in [0.4, 0.5) is 0 Å². The van der Waals surface area contributed by atoms with E-state index in [-0.39, 0.29) is 0 Å². The van der Waals surface area contributed by atoms with E-state index in [1.54, 1.807) is 69.2 Å². The number of esters is 8. The van der Waals surface area contributed by atoms with Crippen molar-refractivity contribution in [1.82, 2.24) is 0 Å². The second-order valence-corrected chi connectivity index (χ2v) is 18.1. The lowest BCUT2D eigenvalue weighted by atomic mass is 9.95. The molecule has 19 nitrogen and oxygen atoms in total. The zero-order valence-corrected chi connectivity index (χ0v) is 39.6. The van der Waals surface area contributed by atoms with Gasteiger partial charge in [-0.2, -0.15) is 0 Å². The fourth-order valence-electron chi connectivity index (χ4n) is 5.47. The van der Waals surface area contributed by atoms with Gasteiger partial charge in [-0.1, -0.05) is 111 Å². The number of hydrogen-bond acceptors (Lipinski definition) is 19. The maximum Gasteiger partial charge on any atom is 0.310 e. The van der Waals surface area contributed by atoms with Crippen molar-refractivity contribution in [2.24, 2.45) is 47.3 Å². The van der Waals surface area contributed by atoms with Crippen LogP contribution < -0.4 is 0 Å². The minimum atomic E-state index is -1.89. The Morgan fingerprint density at radius 1 is 0.317 bits per heavy atom. The molecule has 2 aliphatic rings. The van der Waals surface area contributed by atoms with Gasteiger partial charge in [-0.25, -0.2) is 0 Å². The molecule has 0 saturated carbocycles. The van der Waals surface area contributed by atoms with Gasteiger partial charge in [0.05, 0.1) is 47.3 Å². The van der Waals surface area contributed by atoms with Gasteiger partial charge in [-0.15, -0.1) is 0 Å². The van der Waals surface area contributed by atoms with Gasteiger partial charge in [0, 0.05) is 0 Å². The van der Waals surface area contributed by atoms with Gasteiger partial charge in [0.25, 0.3) is 0 Å². The molecular weight excluding hydrogens is 832 g/mol. The summed E-state index contributed by atoms with van der Waals surface area (Å²) in [5.74, 6) is -12.0. The Labute approximate surface area is 370 Å². The zero-order valence-electron chi connectivity index (χ0n) is 39.6. The first-order valence-electron chi connectivity index (χ1n) is 21.7. The predicted octanol–water partition coefficient (Wildman–Crippen LogP) is 4.26. The van der Waals surface area contributed by atoms with Crippen molar-refractivity contribution in [3.63, 3.8) is 0 Å². The van der Waals surface area contributed by atoms with Gasteiger partial charge < -0.3 is 52.1 Å². The molecule has 4 unspecified atom stereocenters. The summed E-state index contributed by atoms with van der Waals surface area (Å²) in [7, 11) is 0. The van der Waals surface area contributed by atoms with Crippen LogP contribution in [0.1, 0.15) is 111 Å². The molecule has 0 radical (unpaired) electrons. The second-order valence-electron chi connectivity index (χ2n) is 18.1. The van der Waals surface area contributed by atoms with E-state index in [1.165, 1.54) is 41.5 Å². The van der Waals surface area contributed by atoms with Crippen molar-refractivity contribution < 1.29 is 90.5 Å². The highest BCUT2D eigenvalue weighted by molar-refractivity contribution is 5.75. The molecule has 19 heteroatoms. The second kappa shape index (κ2) is 24.6. The van der Waals surface area contributed by atoms with Crippen molar-refractivity contribution in [2.45, 2.75) is 172 Å². The first-order chi connectivity index (χ1) is 29.2. The van der Waals surface area contributed by atoms with Crippen molar-refractivity contribution >= 4 is 47.8 Å². The summed E-state index contributed by atoms with van der Waals surface area (Å²) in [6.07, 6.45) is -16.9. The third-order valence-corrected chi connectivity index (χ3v) is 9.52. The Balaban J connectivity index is 3.04. The van der Waals surface area contributed by atoms with Gasteiger partial charge in [0.2, 0.25) is 12.4 Å². The molecule has 10 atom stereocenters. The summed E-state index contributed by atoms with van der Waals surface area (Å²) in [5.41, 5.74) is 0. The van der Waals surface area contributed by atoms with E-state index in [0.717, 1.165) is 0 Å². The molecule has 2 saturated heterocycles. The Kier molecular flexibility index (Phi) is 21.4. The molecule has 2 rings (SSSR count). The summed E-state index contributed by atoms with van der Waals surface area (Å²) < 4.78 is 65.9. The Morgan fingerprint density at radius 2 is 0.571 bits per heavy atom. The SMILES string of the molecule is CC(C)C(=O)OCC1O[C@@H](OC(=O)C(C)C)[C@@H](OC(=O)C(C)C)C(OC(=O)C(C)C)[C@@H]1O[C@H]1OC(COC(=O)C(C)C)[C@@H](OC(=O)C(C)C)[C@H](OC(=O)C(C)C)C1OC(=O)C(C)C. The largest absolute Gasteiger partial charge is 0.463 e. The standard InChI is InChI=1S/C44H70O19/c1-19(2)35(45)53-17-27-29(57-37(47)21(5)6)31(58-38(48)22(7)8)33(60-40(50)24(11)12)43(55-27)62-30-28(18-54-36(46)20(3)4)56-44(63-42(52)26(15)16)34(61-41(51)25(13)14)32(30)59-39(49)23(9)10/h19-34,43-44H,17-18H2,1-16H3/t27?,28?,29-,30-,31+,32?,33?,34+,43-,44+/m1/s1. The highest BCUT2D eigenvalue weighted by Crippen LogP contribution is 2.37. The molecule has 2 heterocycles. The molecule has 0 spiro atoms. The highest BCUT2D eigenvalue weighted by atomic mass is 16.8. The normalized spacial score (nSPS) is 26.2. The summed E-state index contributed by atoms with van der Waals surface area (Å²) in [5, 5.41) is 0. The molecule has 0 amide bonds. The lowest BCUT2D eigenvalue weighted by molar-refractivity contribution is -0.359. The molecule has 360 valence electrons. The van der Waals surface area contributed by atoms with E-state index >= 15 is 0 Å². The topological polar surface area (TPSA) is 238 Å². The average Bonchev–Trinajstić information content (AvgIpc) is 3.19. The summed E-state index contributed by atoms with van der Waals surface area (Å²) in [6, 6.07) is 0. The van der Waals surface area contributed by atoms with E-state index in [4.69, 9.17) is 52.1 Å². The van der Waals surface area contributed by atoms with Crippen molar-refractivity contribution in [3.05, 3.63) is 0 Å². The third kappa shape index (κ3) is 16.0. The van der Waals surface area contributed by atoms with E-state index in [0.29, 0.717) is 0 Å². The molecule has 2 fully saturated rings. The summed E-state index contributed by atoms with van der Waals surface area (Å²) >= 11 is 0. The molecule has 0 N–H and O–H groups in total. The van der Waals surface area contributed by atoms with Crippen molar-refractivity contribution in [1.29, 1.82) is 0 Å². The summed E-state index contributed by atoms with van der Waals surface area (Å²) in [6.45, 7) is 23.6. The van der Waals surface area contributed by atoms with Gasteiger partial charge in [0.1, 0.15) is 31.5 Å². The van der Waals surface area contributed by atoms with E-state index < -0.39 is 170 Å². The molecule has 0 aromatic heterocycles. The zero-order chi connectivity index (χ0) is 48.2. The van der Waals surface area contributed by atoms with Crippen LogP contribution in [0.3, 0.4) is 0 Å². The first-order valence-corrected chi connectivity index (χ1v) is 21.7. The molecular formula is C44H70O19. The average molecular weight is 903 g/mol. The molecule has 0 aromatic carbocycles. The molecule has 63 heavy (non-hydrogen) atoms. The molecule has 0 aliphatic carbocycles. The van der Waals surface area contributed by atoms with E-state index in [9.17, 15) is 38.4 Å². The Hall–Kier alpha value is -4.36. The fourth-order valence-corrected chi connectivity index (χ4v) is 5.47. The lowest BCUT2D eigenvalue weighted by Crippen LogP contribution is -2.68. The highest BCUT2D eigenvalue weighted by Gasteiger charge is 2.59. The van der Waals surface area contributed by atoms with E-state index in [2.05, 4.69) is 0 Å². The predicted molar refractivity (Wildman–Crippen MR) is 218 cm³/mol. The van der Waals surface area contributed by atoms with Crippen LogP contribution in [0.25, 0.3) is 0 Å². The van der Waals surface area contributed by atoms with E-state index in [1.807, 2.05) is 0 Å².